The Morgan fingerprint density at radius 2 is 1.76 bits per heavy atom. The molecule has 0 fully saturated rings. The number of ether oxygens (including phenoxy) is 1. The number of nitrogens with one attached hydrogen (secondary N) is 1. The zero-order valence-corrected chi connectivity index (χ0v) is 16.8. The van der Waals surface area contributed by atoms with Crippen LogP contribution in [0.2, 0.25) is 0 Å². The number of aryl methyl sites for hydroxylation is 2. The molecule has 1 atom stereocenters. The van der Waals surface area contributed by atoms with Gasteiger partial charge in [-0.25, -0.2) is 4.79 Å². The van der Waals surface area contributed by atoms with Crippen molar-refractivity contribution in [2.24, 2.45) is 5.92 Å². The summed E-state index contributed by atoms with van der Waals surface area (Å²) >= 11 is 0. The molecule has 29 heavy (non-hydrogen) atoms. The number of para-hydroxylation sites is 3. The second-order valence-electron chi connectivity index (χ2n) is 7.62. The molecular weight excluding hydrogens is 366 g/mol. The molecule has 1 N–H and O–H groups in total. The summed E-state index contributed by atoms with van der Waals surface area (Å²) in [6.07, 6.45) is 2.08. The van der Waals surface area contributed by atoms with Gasteiger partial charge in [-0.3, -0.25) is 13.9 Å². The molecule has 2 aromatic carbocycles. The molecule has 152 valence electrons. The lowest BCUT2D eigenvalue weighted by molar-refractivity contribution is -0.121. The van der Waals surface area contributed by atoms with Crippen LogP contribution in [-0.2, 0) is 24.3 Å². The van der Waals surface area contributed by atoms with Crippen LogP contribution in [0.4, 0.5) is 0 Å². The van der Waals surface area contributed by atoms with Crippen LogP contribution < -0.4 is 15.7 Å². The molecule has 1 amide bonds. The third-order valence-corrected chi connectivity index (χ3v) is 5.48. The second-order valence-corrected chi connectivity index (χ2v) is 7.62. The van der Waals surface area contributed by atoms with Gasteiger partial charge < -0.3 is 10.1 Å². The van der Waals surface area contributed by atoms with Crippen molar-refractivity contribution in [1.82, 2.24) is 14.5 Å². The fourth-order valence-corrected chi connectivity index (χ4v) is 4.01. The van der Waals surface area contributed by atoms with Crippen molar-refractivity contribution in [3.63, 3.8) is 0 Å². The number of amides is 1. The van der Waals surface area contributed by atoms with Crippen LogP contribution in [0.5, 0.6) is 5.75 Å². The number of carbonyl (C=O) groups excluding carboxylic acids is 1. The number of hydrogen-bond donors (Lipinski definition) is 1. The molecule has 0 saturated carbocycles. The molecule has 6 heteroatoms. The van der Waals surface area contributed by atoms with Crippen molar-refractivity contribution in [3.05, 3.63) is 64.6 Å². The summed E-state index contributed by atoms with van der Waals surface area (Å²) < 4.78 is 9.30. The summed E-state index contributed by atoms with van der Waals surface area (Å²) in [5.74, 6) is 1.17. The van der Waals surface area contributed by atoms with Gasteiger partial charge in [0, 0.05) is 32.0 Å². The largest absolute Gasteiger partial charge is 0.493 e. The number of imidazole rings is 1. The molecule has 1 aliphatic rings. The van der Waals surface area contributed by atoms with Crippen LogP contribution in [0.15, 0.2) is 53.3 Å². The van der Waals surface area contributed by atoms with E-state index >= 15 is 0 Å². The van der Waals surface area contributed by atoms with Gasteiger partial charge in [0.05, 0.1) is 17.6 Å². The van der Waals surface area contributed by atoms with Crippen molar-refractivity contribution >= 4 is 16.9 Å². The number of hydrogen-bond acceptors (Lipinski definition) is 3. The number of nitrogens with zero attached hydrogens (tertiary/aromatic N) is 2. The number of carbonyl (C=O) groups is 1. The van der Waals surface area contributed by atoms with E-state index in [1.807, 2.05) is 42.5 Å². The quantitative estimate of drug-likeness (QED) is 0.671. The monoisotopic (exact) mass is 393 g/mol. The van der Waals surface area contributed by atoms with Crippen molar-refractivity contribution in [1.29, 1.82) is 0 Å². The molecule has 6 nitrogen and oxygen atoms in total. The summed E-state index contributed by atoms with van der Waals surface area (Å²) in [4.78, 5) is 25.2. The fourth-order valence-electron chi connectivity index (χ4n) is 4.01. The molecule has 0 radical (unpaired) electrons. The standard InChI is InChI=1S/C23H27N3O3/c1-2-12-25-19-8-4-5-9-20(19)26(23(25)28)13-11-22(27)24-15-17-14-18-7-3-6-10-21(18)29-16-17/h3-10,17H,2,11-16H2,1H3,(H,24,27). The van der Waals surface area contributed by atoms with Crippen LogP contribution in [-0.4, -0.2) is 28.2 Å². The Kier molecular flexibility index (Phi) is 5.69. The number of rotatable bonds is 7. The first-order valence-corrected chi connectivity index (χ1v) is 10.3. The molecule has 0 bridgehead atoms. The van der Waals surface area contributed by atoms with E-state index in [2.05, 4.69) is 18.3 Å². The highest BCUT2D eigenvalue weighted by Gasteiger charge is 2.20. The Bertz CT molecular complexity index is 1070. The maximum Gasteiger partial charge on any atom is 0.329 e. The van der Waals surface area contributed by atoms with Gasteiger partial charge in [-0.05, 0) is 36.6 Å². The summed E-state index contributed by atoms with van der Waals surface area (Å²) in [5.41, 5.74) is 2.96. The predicted molar refractivity (Wildman–Crippen MR) is 113 cm³/mol. The first kappa shape index (κ1) is 19.3. The van der Waals surface area contributed by atoms with Gasteiger partial charge in [0.2, 0.25) is 5.91 Å². The van der Waals surface area contributed by atoms with Crippen LogP contribution in [0.3, 0.4) is 0 Å². The van der Waals surface area contributed by atoms with E-state index in [-0.39, 0.29) is 23.9 Å². The molecular formula is C23H27N3O3. The normalized spacial score (nSPS) is 15.7. The summed E-state index contributed by atoms with van der Waals surface area (Å²) in [7, 11) is 0. The zero-order valence-electron chi connectivity index (χ0n) is 16.8. The first-order chi connectivity index (χ1) is 14.2. The van der Waals surface area contributed by atoms with Crippen molar-refractivity contribution in [2.75, 3.05) is 13.2 Å². The number of benzene rings is 2. The Balaban J connectivity index is 1.36. The first-order valence-electron chi connectivity index (χ1n) is 10.3. The highest BCUT2D eigenvalue weighted by molar-refractivity contribution is 5.78. The lowest BCUT2D eigenvalue weighted by Gasteiger charge is -2.25. The van der Waals surface area contributed by atoms with Crippen LogP contribution in [0, 0.1) is 5.92 Å². The summed E-state index contributed by atoms with van der Waals surface area (Å²) in [6, 6.07) is 15.8. The highest BCUT2D eigenvalue weighted by atomic mass is 16.5. The van der Waals surface area contributed by atoms with E-state index in [0.717, 1.165) is 29.6 Å². The summed E-state index contributed by atoms with van der Waals surface area (Å²) in [6.45, 7) is 4.31. The minimum absolute atomic E-state index is 0.0388. The lowest BCUT2D eigenvalue weighted by Crippen LogP contribution is -2.35. The smallest absolute Gasteiger partial charge is 0.329 e. The average molecular weight is 393 g/mol. The highest BCUT2D eigenvalue weighted by Crippen LogP contribution is 2.26. The van der Waals surface area contributed by atoms with Gasteiger partial charge in [-0.1, -0.05) is 37.3 Å². The maximum absolute atomic E-state index is 12.8. The summed E-state index contributed by atoms with van der Waals surface area (Å²) in [5, 5.41) is 3.01. The Labute approximate surface area is 170 Å². The number of aromatic nitrogens is 2. The molecule has 0 spiro atoms. The zero-order chi connectivity index (χ0) is 20.2. The van der Waals surface area contributed by atoms with E-state index in [0.29, 0.717) is 26.2 Å². The van der Waals surface area contributed by atoms with Gasteiger partial charge >= 0.3 is 5.69 Å². The Hall–Kier alpha value is -3.02. The predicted octanol–water partition coefficient (Wildman–Crippen LogP) is 2.97. The van der Waals surface area contributed by atoms with Crippen molar-refractivity contribution < 1.29 is 9.53 Å². The molecule has 2 heterocycles. The molecule has 1 unspecified atom stereocenters. The molecule has 4 rings (SSSR count). The SMILES string of the molecule is CCCn1c(=O)n(CCC(=O)NCC2COc3ccccc3C2)c2ccccc21. The van der Waals surface area contributed by atoms with Crippen LogP contribution in [0.1, 0.15) is 25.3 Å². The molecule has 1 aromatic heterocycles. The van der Waals surface area contributed by atoms with E-state index in [9.17, 15) is 9.59 Å². The molecule has 3 aromatic rings. The molecule has 1 aliphatic heterocycles. The maximum atomic E-state index is 12.8. The average Bonchev–Trinajstić information content (AvgIpc) is 3.02. The Morgan fingerprint density at radius 1 is 1.07 bits per heavy atom. The van der Waals surface area contributed by atoms with Crippen LogP contribution in [0.25, 0.3) is 11.0 Å². The van der Waals surface area contributed by atoms with Crippen molar-refractivity contribution in [2.45, 2.75) is 39.3 Å². The minimum Gasteiger partial charge on any atom is -0.493 e. The van der Waals surface area contributed by atoms with Gasteiger partial charge in [-0.15, -0.1) is 0 Å². The molecule has 0 aliphatic carbocycles. The molecule has 0 saturated heterocycles. The van der Waals surface area contributed by atoms with Gasteiger partial charge in [0.15, 0.2) is 0 Å². The third kappa shape index (κ3) is 4.06. The number of fused-ring (bicyclic) bond motifs is 2. The van der Waals surface area contributed by atoms with Gasteiger partial charge in [-0.2, -0.15) is 0 Å². The Morgan fingerprint density at radius 3 is 2.52 bits per heavy atom. The van der Waals surface area contributed by atoms with Crippen molar-refractivity contribution in [3.8, 4) is 5.75 Å². The fraction of sp³-hybridized carbons (Fsp3) is 0.391. The van der Waals surface area contributed by atoms with E-state index in [4.69, 9.17) is 4.74 Å². The van der Waals surface area contributed by atoms with Gasteiger partial charge in [0.1, 0.15) is 5.75 Å². The van der Waals surface area contributed by atoms with Gasteiger partial charge in [0.25, 0.3) is 0 Å². The van der Waals surface area contributed by atoms with E-state index in [1.165, 1.54) is 5.56 Å². The van der Waals surface area contributed by atoms with E-state index < -0.39 is 0 Å². The lowest BCUT2D eigenvalue weighted by atomic mass is 9.97. The van der Waals surface area contributed by atoms with Crippen LogP contribution >= 0.6 is 0 Å². The topological polar surface area (TPSA) is 65.3 Å². The second kappa shape index (κ2) is 8.55. The minimum atomic E-state index is -0.0434. The van der Waals surface area contributed by atoms with E-state index in [1.54, 1.807) is 9.13 Å². The third-order valence-electron chi connectivity index (χ3n) is 5.48.